The molecule has 1 N–H and O–H groups in total. The summed E-state index contributed by atoms with van der Waals surface area (Å²) < 4.78 is 0. The van der Waals surface area contributed by atoms with Gasteiger partial charge in [-0.05, 0) is 30.0 Å². The van der Waals surface area contributed by atoms with Crippen LogP contribution in [-0.2, 0) is 17.6 Å². The fraction of sp³-hybridized carbons (Fsp3) is 0.364. The second-order valence-electron chi connectivity index (χ2n) is 2.97. The second kappa shape index (κ2) is 4.65. The van der Waals surface area contributed by atoms with Crippen LogP contribution in [0.25, 0.3) is 0 Å². The van der Waals surface area contributed by atoms with Crippen LogP contribution in [0.1, 0.15) is 24.5 Å². The quantitative estimate of drug-likeness (QED) is 0.764. The number of aryl methyl sites for hydroxylation is 2. The normalized spacial score (nSPS) is 9.92. The zero-order valence-electron chi connectivity index (χ0n) is 7.71. The summed E-state index contributed by atoms with van der Waals surface area (Å²) in [6, 6.07) is 8.89. The third-order valence-corrected chi connectivity index (χ3v) is 1.93. The highest BCUT2D eigenvalue weighted by atomic mass is 16.4. The predicted octanol–water partition coefficient (Wildman–Crippen LogP) is 2.07. The van der Waals surface area contributed by atoms with Gasteiger partial charge in [0.05, 0.1) is 0 Å². The summed E-state index contributed by atoms with van der Waals surface area (Å²) >= 11 is 0. The van der Waals surface area contributed by atoms with Crippen LogP contribution in [0, 0.1) is 6.07 Å². The number of carbonyl (C=O) groups is 1. The number of hydrogen-bond donors (Lipinski definition) is 1. The fourth-order valence-corrected chi connectivity index (χ4v) is 1.18. The Morgan fingerprint density at radius 2 is 2.38 bits per heavy atom. The number of aliphatic carboxylic acids is 1. The van der Waals surface area contributed by atoms with Crippen molar-refractivity contribution in [2.75, 3.05) is 0 Å². The largest absolute Gasteiger partial charge is 0.481 e. The lowest BCUT2D eigenvalue weighted by Gasteiger charge is -2.00. The van der Waals surface area contributed by atoms with Gasteiger partial charge in [0.2, 0.25) is 0 Å². The molecule has 0 bridgehead atoms. The van der Waals surface area contributed by atoms with Gasteiger partial charge in [-0.3, -0.25) is 4.79 Å². The van der Waals surface area contributed by atoms with Gasteiger partial charge in [-0.25, -0.2) is 0 Å². The van der Waals surface area contributed by atoms with Gasteiger partial charge in [0.15, 0.2) is 0 Å². The molecule has 1 rings (SSSR count). The van der Waals surface area contributed by atoms with E-state index in [1.165, 1.54) is 0 Å². The summed E-state index contributed by atoms with van der Waals surface area (Å²) in [4.78, 5) is 10.3. The third-order valence-electron chi connectivity index (χ3n) is 1.93. The summed E-state index contributed by atoms with van der Waals surface area (Å²) in [5, 5.41) is 8.49. The van der Waals surface area contributed by atoms with Gasteiger partial charge in [0.1, 0.15) is 0 Å². The number of carboxylic acids is 1. The highest BCUT2D eigenvalue weighted by molar-refractivity contribution is 5.67. The Morgan fingerprint density at radius 1 is 1.62 bits per heavy atom. The van der Waals surface area contributed by atoms with Crippen molar-refractivity contribution < 1.29 is 9.90 Å². The molecule has 2 heteroatoms. The Bertz CT molecular complexity index is 292. The van der Waals surface area contributed by atoms with Crippen LogP contribution >= 0.6 is 0 Å². The van der Waals surface area contributed by atoms with E-state index in [9.17, 15) is 4.79 Å². The van der Waals surface area contributed by atoms with Crippen molar-refractivity contribution in [2.45, 2.75) is 26.2 Å². The second-order valence-corrected chi connectivity index (χ2v) is 2.97. The van der Waals surface area contributed by atoms with Gasteiger partial charge >= 0.3 is 5.97 Å². The Hall–Kier alpha value is -1.31. The molecule has 0 aromatic heterocycles. The van der Waals surface area contributed by atoms with Gasteiger partial charge in [-0.1, -0.05) is 25.1 Å². The summed E-state index contributed by atoms with van der Waals surface area (Å²) in [6.07, 6.45) is 1.76. The van der Waals surface area contributed by atoms with E-state index >= 15 is 0 Å². The minimum absolute atomic E-state index is 0.202. The summed E-state index contributed by atoms with van der Waals surface area (Å²) in [5.41, 5.74) is 2.22. The number of benzene rings is 1. The lowest BCUT2D eigenvalue weighted by atomic mass is 10.1. The Balaban J connectivity index is 2.61. The molecule has 0 aliphatic rings. The van der Waals surface area contributed by atoms with Crippen molar-refractivity contribution in [1.29, 1.82) is 0 Å². The zero-order valence-corrected chi connectivity index (χ0v) is 7.71. The average Bonchev–Trinajstić information content (AvgIpc) is 2.15. The minimum Gasteiger partial charge on any atom is -0.481 e. The van der Waals surface area contributed by atoms with E-state index < -0.39 is 5.97 Å². The highest BCUT2D eigenvalue weighted by Gasteiger charge is 1.99. The topological polar surface area (TPSA) is 37.3 Å². The molecule has 0 aliphatic heterocycles. The number of carboxylic acid groups (broad SMARTS) is 1. The van der Waals surface area contributed by atoms with Gasteiger partial charge < -0.3 is 5.11 Å². The summed E-state index contributed by atoms with van der Waals surface area (Å²) in [7, 11) is 0. The summed E-state index contributed by atoms with van der Waals surface area (Å²) in [5.74, 6) is -0.745. The van der Waals surface area contributed by atoms with Crippen LogP contribution in [0.5, 0.6) is 0 Å². The van der Waals surface area contributed by atoms with Crippen LogP contribution < -0.4 is 0 Å². The maximum Gasteiger partial charge on any atom is 0.303 e. The minimum atomic E-state index is -0.745. The van der Waals surface area contributed by atoms with Gasteiger partial charge in [0.25, 0.3) is 0 Å². The highest BCUT2D eigenvalue weighted by Crippen LogP contribution is 2.07. The first-order chi connectivity index (χ1) is 6.22. The molecule has 0 unspecified atom stereocenters. The van der Waals surface area contributed by atoms with Gasteiger partial charge in [-0.15, -0.1) is 0 Å². The van der Waals surface area contributed by atoms with Crippen LogP contribution in [0.2, 0.25) is 0 Å². The predicted molar refractivity (Wildman–Crippen MR) is 50.6 cm³/mol. The van der Waals surface area contributed by atoms with E-state index in [4.69, 9.17) is 5.11 Å². The van der Waals surface area contributed by atoms with Gasteiger partial charge in [0, 0.05) is 6.42 Å². The fourth-order valence-electron chi connectivity index (χ4n) is 1.18. The van der Waals surface area contributed by atoms with Crippen LogP contribution in [0.3, 0.4) is 0 Å². The molecule has 0 aliphatic carbocycles. The molecule has 0 fully saturated rings. The van der Waals surface area contributed by atoms with Crippen LogP contribution in [0.15, 0.2) is 18.2 Å². The monoisotopic (exact) mass is 177 g/mol. The van der Waals surface area contributed by atoms with Gasteiger partial charge in [-0.2, -0.15) is 0 Å². The van der Waals surface area contributed by atoms with E-state index in [0.29, 0.717) is 6.42 Å². The number of rotatable bonds is 4. The lowest BCUT2D eigenvalue weighted by molar-refractivity contribution is -0.136. The molecular weight excluding hydrogens is 164 g/mol. The molecule has 0 spiro atoms. The Morgan fingerprint density at radius 3 is 3.00 bits per heavy atom. The molecule has 0 heterocycles. The molecule has 0 amide bonds. The van der Waals surface area contributed by atoms with Crippen molar-refractivity contribution >= 4 is 5.97 Å². The first-order valence-electron chi connectivity index (χ1n) is 4.43. The molecule has 13 heavy (non-hydrogen) atoms. The number of hydrogen-bond acceptors (Lipinski definition) is 1. The molecule has 69 valence electrons. The first kappa shape index (κ1) is 9.78. The smallest absolute Gasteiger partial charge is 0.303 e. The van der Waals surface area contributed by atoms with Crippen molar-refractivity contribution in [3.8, 4) is 0 Å². The van der Waals surface area contributed by atoms with E-state index in [-0.39, 0.29) is 6.42 Å². The van der Waals surface area contributed by atoms with Crippen molar-refractivity contribution in [3.63, 3.8) is 0 Å². The molecule has 1 radical (unpaired) electrons. The maximum atomic E-state index is 10.3. The molecule has 0 saturated carbocycles. The third kappa shape index (κ3) is 3.28. The SMILES string of the molecule is CCc1[c]ccc(CCC(=O)O)c1. The van der Waals surface area contributed by atoms with Crippen LogP contribution in [0.4, 0.5) is 0 Å². The maximum absolute atomic E-state index is 10.3. The molecule has 0 atom stereocenters. The van der Waals surface area contributed by atoms with Crippen molar-refractivity contribution in [2.24, 2.45) is 0 Å². The molecule has 0 saturated heterocycles. The van der Waals surface area contributed by atoms with E-state index in [1.54, 1.807) is 0 Å². The van der Waals surface area contributed by atoms with E-state index in [0.717, 1.165) is 17.5 Å². The van der Waals surface area contributed by atoms with Crippen molar-refractivity contribution in [1.82, 2.24) is 0 Å². The van der Waals surface area contributed by atoms with Crippen molar-refractivity contribution in [3.05, 3.63) is 35.4 Å². The summed E-state index contributed by atoms with van der Waals surface area (Å²) in [6.45, 7) is 2.06. The zero-order chi connectivity index (χ0) is 9.68. The lowest BCUT2D eigenvalue weighted by Crippen LogP contribution is -1.97. The standard InChI is InChI=1S/C11H13O2/c1-2-9-4-3-5-10(8-9)6-7-11(12)13/h3,5,8H,2,6-7H2,1H3,(H,12,13). The average molecular weight is 177 g/mol. The first-order valence-corrected chi connectivity index (χ1v) is 4.43. The molecule has 1 aromatic carbocycles. The molecule has 1 aromatic rings. The van der Waals surface area contributed by atoms with E-state index in [2.05, 4.69) is 13.0 Å². The van der Waals surface area contributed by atoms with Crippen LogP contribution in [-0.4, -0.2) is 11.1 Å². The molecular formula is C11H13O2. The Kier molecular flexibility index (Phi) is 3.50. The Labute approximate surface area is 78.2 Å². The van der Waals surface area contributed by atoms with E-state index in [1.807, 2.05) is 18.2 Å². The molecule has 2 nitrogen and oxygen atoms in total.